The molecule has 120 valence electrons. The number of hydrogen-bond donors (Lipinski definition) is 0. The van der Waals surface area contributed by atoms with E-state index in [1.807, 2.05) is 36.6 Å². The third-order valence-corrected chi connectivity index (χ3v) is 4.89. The molecule has 1 aromatic carbocycles. The Labute approximate surface area is 143 Å². The first kappa shape index (κ1) is 16.2. The van der Waals surface area contributed by atoms with Gasteiger partial charge in [-0.1, -0.05) is 30.7 Å². The maximum absolute atomic E-state index is 13.0. The van der Waals surface area contributed by atoms with E-state index in [4.69, 9.17) is 16.3 Å². The van der Waals surface area contributed by atoms with Gasteiger partial charge in [-0.05, 0) is 17.7 Å². The van der Waals surface area contributed by atoms with E-state index in [0.717, 1.165) is 21.8 Å². The average molecular weight is 349 g/mol. The maximum Gasteiger partial charge on any atom is 0.262 e. The summed E-state index contributed by atoms with van der Waals surface area (Å²) in [5, 5.41) is 3.34. The quantitative estimate of drug-likeness (QED) is 0.700. The van der Waals surface area contributed by atoms with Gasteiger partial charge in [-0.3, -0.25) is 9.36 Å². The zero-order valence-corrected chi connectivity index (χ0v) is 14.6. The number of ether oxygens (including phenoxy) is 1. The molecule has 23 heavy (non-hydrogen) atoms. The molecule has 0 bridgehead atoms. The van der Waals surface area contributed by atoms with Crippen molar-refractivity contribution in [2.75, 3.05) is 13.7 Å². The topological polar surface area (TPSA) is 44.1 Å². The van der Waals surface area contributed by atoms with Gasteiger partial charge in [0.2, 0.25) is 0 Å². The third kappa shape index (κ3) is 3.04. The van der Waals surface area contributed by atoms with Crippen LogP contribution in [0.1, 0.15) is 12.7 Å². The van der Waals surface area contributed by atoms with Crippen LogP contribution in [0.3, 0.4) is 0 Å². The first-order chi connectivity index (χ1) is 11.2. The first-order valence-electron chi connectivity index (χ1n) is 7.41. The van der Waals surface area contributed by atoms with Crippen molar-refractivity contribution < 1.29 is 4.74 Å². The number of rotatable bonds is 5. The zero-order valence-electron chi connectivity index (χ0n) is 13.0. The van der Waals surface area contributed by atoms with Crippen LogP contribution >= 0.6 is 22.9 Å². The molecule has 0 saturated carbocycles. The minimum atomic E-state index is -0.00454. The number of benzene rings is 1. The van der Waals surface area contributed by atoms with Crippen molar-refractivity contribution in [2.24, 2.45) is 0 Å². The highest BCUT2D eigenvalue weighted by Gasteiger charge is 2.16. The molecule has 0 aliphatic rings. The summed E-state index contributed by atoms with van der Waals surface area (Å²) in [4.78, 5) is 18.4. The fourth-order valence-corrected chi connectivity index (χ4v) is 3.67. The van der Waals surface area contributed by atoms with Gasteiger partial charge < -0.3 is 4.74 Å². The summed E-state index contributed by atoms with van der Waals surface area (Å²) < 4.78 is 6.84. The Hall–Kier alpha value is -1.69. The molecular weight excluding hydrogens is 332 g/mol. The van der Waals surface area contributed by atoms with E-state index in [0.29, 0.717) is 30.0 Å². The van der Waals surface area contributed by atoms with Crippen LogP contribution in [0.2, 0.25) is 5.02 Å². The molecule has 4 nitrogen and oxygen atoms in total. The van der Waals surface area contributed by atoms with Gasteiger partial charge >= 0.3 is 0 Å². The predicted molar refractivity (Wildman–Crippen MR) is 95.6 cm³/mol. The lowest BCUT2D eigenvalue weighted by molar-refractivity contribution is 0.185. The fraction of sp³-hybridized carbons (Fsp3) is 0.294. The number of thiophene rings is 1. The summed E-state index contributed by atoms with van der Waals surface area (Å²) in [6.07, 6.45) is 0.711. The van der Waals surface area contributed by atoms with Crippen LogP contribution in [0.15, 0.2) is 34.4 Å². The Morgan fingerprint density at radius 1 is 1.30 bits per heavy atom. The lowest BCUT2D eigenvalue weighted by atomic mass is 10.1. The van der Waals surface area contributed by atoms with Gasteiger partial charge in [0.05, 0.1) is 18.5 Å². The van der Waals surface area contributed by atoms with Crippen molar-refractivity contribution >= 4 is 33.2 Å². The molecule has 0 spiro atoms. The van der Waals surface area contributed by atoms with Crippen LogP contribution < -0.4 is 5.56 Å². The van der Waals surface area contributed by atoms with Crippen molar-refractivity contribution in [1.82, 2.24) is 9.55 Å². The molecule has 0 aliphatic heterocycles. The number of aryl methyl sites for hydroxylation is 1. The number of halogens is 1. The summed E-state index contributed by atoms with van der Waals surface area (Å²) in [6, 6.07) is 7.52. The monoisotopic (exact) mass is 348 g/mol. The van der Waals surface area contributed by atoms with Crippen molar-refractivity contribution in [1.29, 1.82) is 0 Å². The van der Waals surface area contributed by atoms with Crippen molar-refractivity contribution in [3.05, 3.63) is 50.8 Å². The molecule has 0 amide bonds. The smallest absolute Gasteiger partial charge is 0.262 e. The van der Waals surface area contributed by atoms with Crippen LogP contribution in [0.4, 0.5) is 0 Å². The van der Waals surface area contributed by atoms with Gasteiger partial charge in [0, 0.05) is 29.5 Å². The van der Waals surface area contributed by atoms with Gasteiger partial charge in [0.15, 0.2) is 0 Å². The van der Waals surface area contributed by atoms with Gasteiger partial charge in [0.1, 0.15) is 10.7 Å². The normalized spacial score (nSPS) is 11.3. The Morgan fingerprint density at radius 3 is 2.70 bits per heavy atom. The molecule has 3 aromatic rings. The van der Waals surface area contributed by atoms with E-state index < -0.39 is 0 Å². The molecule has 0 atom stereocenters. The van der Waals surface area contributed by atoms with Gasteiger partial charge in [0.25, 0.3) is 5.56 Å². The largest absolute Gasteiger partial charge is 0.383 e. The second-order valence-corrected chi connectivity index (χ2v) is 6.46. The van der Waals surface area contributed by atoms with Crippen LogP contribution in [0.25, 0.3) is 21.3 Å². The molecule has 2 aromatic heterocycles. The molecule has 3 rings (SSSR count). The van der Waals surface area contributed by atoms with E-state index in [1.54, 1.807) is 11.7 Å². The number of methoxy groups -OCH3 is 1. The van der Waals surface area contributed by atoms with Gasteiger partial charge in [-0.15, -0.1) is 11.3 Å². The lowest BCUT2D eigenvalue weighted by Crippen LogP contribution is -2.26. The van der Waals surface area contributed by atoms with Crippen LogP contribution in [-0.2, 0) is 17.7 Å². The Kier molecular flexibility index (Phi) is 4.80. The second-order valence-electron chi connectivity index (χ2n) is 5.17. The van der Waals surface area contributed by atoms with Crippen molar-refractivity contribution in [3.63, 3.8) is 0 Å². The van der Waals surface area contributed by atoms with E-state index >= 15 is 0 Å². The minimum absolute atomic E-state index is 0.00454. The summed E-state index contributed by atoms with van der Waals surface area (Å²) in [6.45, 7) is 3.00. The lowest BCUT2D eigenvalue weighted by Gasteiger charge is -2.11. The Balaban J connectivity index is 2.22. The molecule has 0 unspecified atom stereocenters. The molecular formula is C17H17ClN2O2S. The molecule has 0 radical (unpaired) electrons. The third-order valence-electron chi connectivity index (χ3n) is 3.76. The minimum Gasteiger partial charge on any atom is -0.383 e. The van der Waals surface area contributed by atoms with Gasteiger partial charge in [-0.25, -0.2) is 4.98 Å². The van der Waals surface area contributed by atoms with E-state index in [2.05, 4.69) is 4.98 Å². The van der Waals surface area contributed by atoms with Crippen molar-refractivity contribution in [2.45, 2.75) is 19.9 Å². The number of aromatic nitrogens is 2. The Bertz CT molecular complexity index is 884. The van der Waals surface area contributed by atoms with E-state index in [1.165, 1.54) is 11.3 Å². The molecule has 0 aliphatic carbocycles. The van der Waals surface area contributed by atoms with E-state index in [9.17, 15) is 4.79 Å². The number of nitrogens with zero attached hydrogens (tertiary/aromatic N) is 2. The zero-order chi connectivity index (χ0) is 16.4. The molecule has 0 saturated heterocycles. The summed E-state index contributed by atoms with van der Waals surface area (Å²) in [5.74, 6) is 0.795. The predicted octanol–water partition coefficient (Wildman–Crippen LogP) is 3.99. The van der Waals surface area contributed by atoms with Crippen molar-refractivity contribution in [3.8, 4) is 11.1 Å². The maximum atomic E-state index is 13.0. The second kappa shape index (κ2) is 6.83. The summed E-state index contributed by atoms with van der Waals surface area (Å²) in [7, 11) is 1.63. The molecule has 6 heteroatoms. The molecule has 0 fully saturated rings. The Morgan fingerprint density at radius 2 is 2.04 bits per heavy atom. The SMILES string of the molecule is CCc1nc2scc(-c3ccc(Cl)cc3)c2c(=O)n1CCOC. The number of fused-ring (bicyclic) bond motifs is 1. The molecule has 0 N–H and O–H groups in total. The highest BCUT2D eigenvalue weighted by molar-refractivity contribution is 7.17. The number of hydrogen-bond acceptors (Lipinski definition) is 4. The fourth-order valence-electron chi connectivity index (χ4n) is 2.59. The van der Waals surface area contributed by atoms with Crippen LogP contribution in [0.5, 0.6) is 0 Å². The van der Waals surface area contributed by atoms with E-state index in [-0.39, 0.29) is 5.56 Å². The average Bonchev–Trinajstić information content (AvgIpc) is 2.98. The standard InChI is InChI=1S/C17H17ClN2O2S/c1-3-14-19-16-15(17(21)20(14)8-9-22-2)13(10-23-16)11-4-6-12(18)7-5-11/h4-7,10H,3,8-9H2,1-2H3. The van der Waals surface area contributed by atoms with Crippen LogP contribution in [0, 0.1) is 0 Å². The van der Waals surface area contributed by atoms with Crippen LogP contribution in [-0.4, -0.2) is 23.3 Å². The summed E-state index contributed by atoms with van der Waals surface area (Å²) >= 11 is 7.46. The molecule has 2 heterocycles. The van der Waals surface area contributed by atoms with Gasteiger partial charge in [-0.2, -0.15) is 0 Å². The first-order valence-corrected chi connectivity index (χ1v) is 8.67. The highest BCUT2D eigenvalue weighted by Crippen LogP contribution is 2.31. The summed E-state index contributed by atoms with van der Waals surface area (Å²) in [5.41, 5.74) is 1.88. The highest BCUT2D eigenvalue weighted by atomic mass is 35.5.